The number of nitrogens with one attached hydrogen (secondary N) is 1. The van der Waals surface area contributed by atoms with Crippen molar-refractivity contribution in [3.63, 3.8) is 0 Å². The second-order valence-electron chi connectivity index (χ2n) is 9.95. The molecule has 2 unspecified atom stereocenters. The van der Waals surface area contributed by atoms with E-state index in [-0.39, 0.29) is 49.2 Å². The average Bonchev–Trinajstić information content (AvgIpc) is 3.44. The zero-order valence-corrected chi connectivity index (χ0v) is 20.4. The number of fused-ring (bicyclic) bond motifs is 3. The molecule has 7 heteroatoms. The molecule has 2 aliphatic rings. The summed E-state index contributed by atoms with van der Waals surface area (Å²) in [5.74, 6) is -0.547. The largest absolute Gasteiger partial charge is 0.481 e. The van der Waals surface area contributed by atoms with Crippen LogP contribution in [0.4, 0.5) is 4.79 Å². The van der Waals surface area contributed by atoms with E-state index in [1.807, 2.05) is 38.1 Å². The molecule has 0 aromatic heterocycles. The van der Waals surface area contributed by atoms with Gasteiger partial charge in [0.2, 0.25) is 5.91 Å². The Balaban J connectivity index is 1.31. The van der Waals surface area contributed by atoms with E-state index in [0.717, 1.165) is 17.5 Å². The molecular weight excluding hydrogens is 444 g/mol. The predicted molar refractivity (Wildman–Crippen MR) is 133 cm³/mol. The van der Waals surface area contributed by atoms with Crippen LogP contribution in [0.2, 0.25) is 0 Å². The van der Waals surface area contributed by atoms with Crippen molar-refractivity contribution in [2.75, 3.05) is 19.7 Å². The lowest BCUT2D eigenvalue weighted by Gasteiger charge is -2.25. The van der Waals surface area contributed by atoms with Crippen molar-refractivity contribution in [3.8, 4) is 11.1 Å². The van der Waals surface area contributed by atoms with E-state index in [2.05, 4.69) is 29.6 Å². The van der Waals surface area contributed by atoms with Crippen LogP contribution in [-0.4, -0.2) is 53.7 Å². The van der Waals surface area contributed by atoms with Crippen LogP contribution in [0, 0.1) is 11.8 Å². The first kappa shape index (κ1) is 24.8. The molecule has 0 radical (unpaired) electrons. The fourth-order valence-corrected chi connectivity index (χ4v) is 5.18. The molecule has 0 saturated carbocycles. The molecule has 0 spiro atoms. The topological polar surface area (TPSA) is 95.9 Å². The second kappa shape index (κ2) is 10.9. The van der Waals surface area contributed by atoms with E-state index in [1.54, 1.807) is 4.90 Å². The van der Waals surface area contributed by atoms with Gasteiger partial charge in [-0.15, -0.1) is 0 Å². The van der Waals surface area contributed by atoms with Crippen LogP contribution in [0.25, 0.3) is 11.1 Å². The summed E-state index contributed by atoms with van der Waals surface area (Å²) in [5.41, 5.74) is 4.66. The average molecular weight is 479 g/mol. The summed E-state index contributed by atoms with van der Waals surface area (Å²) in [4.78, 5) is 38.2. The number of carboxylic acid groups (broad SMARTS) is 1. The van der Waals surface area contributed by atoms with Crippen molar-refractivity contribution in [2.45, 2.75) is 51.5 Å². The molecule has 1 fully saturated rings. The highest BCUT2D eigenvalue weighted by atomic mass is 16.5. The van der Waals surface area contributed by atoms with Crippen molar-refractivity contribution in [1.29, 1.82) is 0 Å². The summed E-state index contributed by atoms with van der Waals surface area (Å²) < 4.78 is 5.67. The van der Waals surface area contributed by atoms with E-state index in [0.29, 0.717) is 19.5 Å². The maximum absolute atomic E-state index is 12.9. The van der Waals surface area contributed by atoms with Gasteiger partial charge in [-0.1, -0.05) is 62.4 Å². The standard InChI is InChI=1S/C28H34N2O5/c1-18(2)25(15-26(31)30-14-13-19(16-30)11-12-27(32)33)29-28(34)35-17-24-22-9-5-3-7-20(22)21-8-4-6-10-23(21)24/h3-10,18-19,24-25H,11-17H2,1-2H3,(H,29,34)(H,32,33). The number of ether oxygens (including phenoxy) is 1. The first-order chi connectivity index (χ1) is 16.8. The Morgan fingerprint density at radius 2 is 1.69 bits per heavy atom. The SMILES string of the molecule is CC(C)C(CC(=O)N1CCC(CCC(=O)O)C1)NC(=O)OCC1c2ccccc2-c2ccccc21. The number of alkyl carbamates (subject to hydrolysis) is 1. The lowest BCUT2D eigenvalue weighted by atomic mass is 9.98. The van der Waals surface area contributed by atoms with Crippen LogP contribution in [0.3, 0.4) is 0 Å². The van der Waals surface area contributed by atoms with Gasteiger partial charge in [-0.3, -0.25) is 9.59 Å². The van der Waals surface area contributed by atoms with E-state index in [9.17, 15) is 14.4 Å². The van der Waals surface area contributed by atoms with Gasteiger partial charge in [0.1, 0.15) is 6.61 Å². The molecule has 1 aliphatic carbocycles. The fraction of sp³-hybridized carbons (Fsp3) is 0.464. The summed E-state index contributed by atoms with van der Waals surface area (Å²) in [5, 5.41) is 11.8. The van der Waals surface area contributed by atoms with Crippen LogP contribution in [0.1, 0.15) is 56.6 Å². The number of aliphatic carboxylic acids is 1. The number of likely N-dealkylation sites (tertiary alicyclic amines) is 1. The molecule has 0 bridgehead atoms. The molecule has 2 N–H and O–H groups in total. The Morgan fingerprint density at radius 1 is 1.06 bits per heavy atom. The monoisotopic (exact) mass is 478 g/mol. The van der Waals surface area contributed by atoms with E-state index < -0.39 is 12.1 Å². The van der Waals surface area contributed by atoms with Crippen LogP contribution in [-0.2, 0) is 14.3 Å². The number of amides is 2. The molecule has 2 amide bonds. The number of rotatable bonds is 9. The van der Waals surface area contributed by atoms with Crippen LogP contribution in [0.15, 0.2) is 48.5 Å². The molecule has 2 atom stereocenters. The Labute approximate surface area is 206 Å². The number of hydrogen-bond acceptors (Lipinski definition) is 4. The maximum atomic E-state index is 12.9. The summed E-state index contributed by atoms with van der Waals surface area (Å²) in [6.45, 7) is 5.40. The number of carbonyl (C=O) groups is 3. The van der Waals surface area contributed by atoms with E-state index >= 15 is 0 Å². The number of hydrogen-bond donors (Lipinski definition) is 2. The highest BCUT2D eigenvalue weighted by Crippen LogP contribution is 2.44. The molecule has 2 aromatic carbocycles. The van der Waals surface area contributed by atoms with Gasteiger partial charge in [0.15, 0.2) is 0 Å². The zero-order valence-electron chi connectivity index (χ0n) is 20.4. The Bertz CT molecular complexity index is 1040. The minimum atomic E-state index is -0.804. The molecular formula is C28H34N2O5. The minimum Gasteiger partial charge on any atom is -0.481 e. The Hall–Kier alpha value is -3.35. The lowest BCUT2D eigenvalue weighted by Crippen LogP contribution is -2.43. The summed E-state index contributed by atoms with van der Waals surface area (Å²) >= 11 is 0. The van der Waals surface area contributed by atoms with Gasteiger partial charge < -0.3 is 20.1 Å². The quantitative estimate of drug-likeness (QED) is 0.547. The Kier molecular flexibility index (Phi) is 7.73. The smallest absolute Gasteiger partial charge is 0.407 e. The summed E-state index contributed by atoms with van der Waals surface area (Å²) in [6.07, 6.45) is 1.23. The first-order valence-electron chi connectivity index (χ1n) is 12.4. The molecule has 1 aliphatic heterocycles. The van der Waals surface area contributed by atoms with Gasteiger partial charge in [0.05, 0.1) is 0 Å². The second-order valence-corrected chi connectivity index (χ2v) is 9.95. The molecule has 1 heterocycles. The molecule has 7 nitrogen and oxygen atoms in total. The molecule has 186 valence electrons. The molecule has 35 heavy (non-hydrogen) atoms. The number of carbonyl (C=O) groups excluding carboxylic acids is 2. The van der Waals surface area contributed by atoms with Crippen molar-refractivity contribution in [3.05, 3.63) is 59.7 Å². The summed E-state index contributed by atoms with van der Waals surface area (Å²) in [7, 11) is 0. The minimum absolute atomic E-state index is 0.0135. The highest BCUT2D eigenvalue weighted by molar-refractivity contribution is 5.80. The third kappa shape index (κ3) is 5.84. The van der Waals surface area contributed by atoms with Crippen molar-refractivity contribution >= 4 is 18.0 Å². The van der Waals surface area contributed by atoms with E-state index in [4.69, 9.17) is 9.84 Å². The van der Waals surface area contributed by atoms with Crippen LogP contribution in [0.5, 0.6) is 0 Å². The normalized spacial score (nSPS) is 17.7. The third-order valence-electron chi connectivity index (χ3n) is 7.25. The van der Waals surface area contributed by atoms with Gasteiger partial charge >= 0.3 is 12.1 Å². The van der Waals surface area contributed by atoms with Gasteiger partial charge in [0.25, 0.3) is 0 Å². The van der Waals surface area contributed by atoms with Gasteiger partial charge in [-0.05, 0) is 46.9 Å². The molecule has 1 saturated heterocycles. The lowest BCUT2D eigenvalue weighted by molar-refractivity contribution is -0.137. The number of nitrogens with zero attached hydrogens (tertiary/aromatic N) is 1. The number of carboxylic acids is 1. The van der Waals surface area contributed by atoms with Gasteiger partial charge in [-0.2, -0.15) is 0 Å². The molecule has 4 rings (SSSR count). The summed E-state index contributed by atoms with van der Waals surface area (Å²) in [6, 6.07) is 16.1. The zero-order chi connectivity index (χ0) is 24.9. The van der Waals surface area contributed by atoms with Gasteiger partial charge in [-0.25, -0.2) is 4.79 Å². The van der Waals surface area contributed by atoms with Crippen LogP contribution < -0.4 is 5.32 Å². The van der Waals surface area contributed by atoms with Crippen LogP contribution >= 0.6 is 0 Å². The van der Waals surface area contributed by atoms with Crippen molar-refractivity contribution < 1.29 is 24.2 Å². The third-order valence-corrected chi connectivity index (χ3v) is 7.25. The maximum Gasteiger partial charge on any atom is 0.407 e. The van der Waals surface area contributed by atoms with Crippen molar-refractivity contribution in [1.82, 2.24) is 10.2 Å². The fourth-order valence-electron chi connectivity index (χ4n) is 5.18. The van der Waals surface area contributed by atoms with Gasteiger partial charge in [0, 0.05) is 37.9 Å². The van der Waals surface area contributed by atoms with E-state index in [1.165, 1.54) is 11.1 Å². The molecule has 2 aromatic rings. The predicted octanol–water partition coefficient (Wildman–Crippen LogP) is 4.65. The first-order valence-corrected chi connectivity index (χ1v) is 12.4. The van der Waals surface area contributed by atoms with Crippen molar-refractivity contribution in [2.24, 2.45) is 11.8 Å². The number of benzene rings is 2. The Morgan fingerprint density at radius 3 is 2.29 bits per heavy atom. The highest BCUT2D eigenvalue weighted by Gasteiger charge is 2.31.